The van der Waals surface area contributed by atoms with Crippen LogP contribution in [0.3, 0.4) is 0 Å². The van der Waals surface area contributed by atoms with Gasteiger partial charge in [-0.25, -0.2) is 9.97 Å². The number of carboxylic acid groups (broad SMARTS) is 1. The lowest BCUT2D eigenvalue weighted by Crippen LogP contribution is -2.04. The molecule has 0 bridgehead atoms. The van der Waals surface area contributed by atoms with E-state index in [0.717, 1.165) is 52.3 Å². The Labute approximate surface area is 220 Å². The lowest BCUT2D eigenvalue weighted by Gasteiger charge is -2.10. The summed E-state index contributed by atoms with van der Waals surface area (Å²) >= 11 is 0. The first kappa shape index (κ1) is 25.3. The molecule has 38 heavy (non-hydrogen) atoms. The monoisotopic (exact) mass is 515 g/mol. The van der Waals surface area contributed by atoms with Crippen molar-refractivity contribution < 1.29 is 28.5 Å². The first-order valence-corrected chi connectivity index (χ1v) is 12.4. The molecular formula is C29H29N3O6. The third kappa shape index (κ3) is 5.32. The Morgan fingerprint density at radius 3 is 2.74 bits per heavy atom. The van der Waals surface area contributed by atoms with Crippen molar-refractivity contribution in [3.63, 3.8) is 0 Å². The fourth-order valence-electron chi connectivity index (χ4n) is 4.87. The quantitative estimate of drug-likeness (QED) is 0.302. The van der Waals surface area contributed by atoms with Crippen LogP contribution in [-0.4, -0.2) is 46.9 Å². The first-order valence-electron chi connectivity index (χ1n) is 12.4. The van der Waals surface area contributed by atoms with Crippen LogP contribution in [-0.2, 0) is 17.6 Å². The van der Waals surface area contributed by atoms with Crippen molar-refractivity contribution in [2.45, 2.75) is 38.5 Å². The molecule has 9 nitrogen and oxygen atoms in total. The zero-order valence-electron chi connectivity index (χ0n) is 21.6. The number of carbonyl (C=O) groups is 1. The van der Waals surface area contributed by atoms with E-state index < -0.39 is 5.97 Å². The van der Waals surface area contributed by atoms with Crippen LogP contribution in [0.1, 0.15) is 41.3 Å². The van der Waals surface area contributed by atoms with Crippen molar-refractivity contribution in [1.29, 1.82) is 0 Å². The summed E-state index contributed by atoms with van der Waals surface area (Å²) < 4.78 is 22.5. The Balaban J connectivity index is 1.26. The number of methoxy groups -OCH3 is 2. The van der Waals surface area contributed by atoms with E-state index in [0.29, 0.717) is 24.8 Å². The van der Waals surface area contributed by atoms with Crippen LogP contribution in [0.2, 0.25) is 0 Å². The van der Waals surface area contributed by atoms with Crippen molar-refractivity contribution in [2.75, 3.05) is 20.8 Å². The number of fused-ring (bicyclic) bond motifs is 1. The molecule has 2 aromatic carbocycles. The highest BCUT2D eigenvalue weighted by atomic mass is 16.5. The number of hydrogen-bond acceptors (Lipinski definition) is 8. The van der Waals surface area contributed by atoms with Gasteiger partial charge >= 0.3 is 12.0 Å². The van der Waals surface area contributed by atoms with Gasteiger partial charge in [-0.1, -0.05) is 18.2 Å². The molecule has 0 unspecified atom stereocenters. The van der Waals surface area contributed by atoms with E-state index in [4.69, 9.17) is 28.7 Å². The lowest BCUT2D eigenvalue weighted by molar-refractivity contribution is -0.137. The number of ether oxygens (including phenoxy) is 3. The fourth-order valence-corrected chi connectivity index (χ4v) is 4.87. The maximum Gasteiger partial charge on any atom is 0.319 e. The highest BCUT2D eigenvalue weighted by Gasteiger charge is 2.25. The minimum Gasteiger partial charge on any atom is -0.493 e. The van der Waals surface area contributed by atoms with E-state index in [2.05, 4.69) is 9.97 Å². The normalized spacial score (nSPS) is 14.2. The Bertz CT molecular complexity index is 1460. The molecule has 0 saturated carbocycles. The van der Waals surface area contributed by atoms with Gasteiger partial charge in [-0.15, -0.1) is 0 Å². The first-order chi connectivity index (χ1) is 18.4. The Morgan fingerprint density at radius 1 is 1.11 bits per heavy atom. The molecular weight excluding hydrogens is 486 g/mol. The molecule has 0 radical (unpaired) electrons. The van der Waals surface area contributed by atoms with Crippen LogP contribution < -0.4 is 14.2 Å². The van der Waals surface area contributed by atoms with Crippen molar-refractivity contribution in [2.24, 2.45) is 0 Å². The molecule has 1 N–H and O–H groups in total. The van der Waals surface area contributed by atoms with Gasteiger partial charge in [0.2, 0.25) is 11.8 Å². The molecule has 1 aliphatic carbocycles. The second kappa shape index (κ2) is 10.9. The van der Waals surface area contributed by atoms with Crippen LogP contribution >= 0.6 is 0 Å². The van der Waals surface area contributed by atoms with Gasteiger partial charge < -0.3 is 23.7 Å². The molecule has 2 aromatic heterocycles. The minimum atomic E-state index is -0.758. The minimum absolute atomic E-state index is 0.0876. The van der Waals surface area contributed by atoms with Gasteiger partial charge in [0.25, 0.3) is 0 Å². The van der Waals surface area contributed by atoms with Crippen LogP contribution in [0.5, 0.6) is 17.6 Å². The summed E-state index contributed by atoms with van der Waals surface area (Å²) in [6.45, 7) is 2.35. The van der Waals surface area contributed by atoms with Crippen molar-refractivity contribution >= 4 is 5.97 Å². The van der Waals surface area contributed by atoms with E-state index in [1.165, 1.54) is 12.7 Å². The molecule has 1 atom stereocenters. The maximum atomic E-state index is 11.1. The molecule has 196 valence electrons. The summed E-state index contributed by atoms with van der Waals surface area (Å²) in [4.78, 5) is 24.3. The third-order valence-electron chi connectivity index (χ3n) is 6.77. The molecule has 0 aliphatic heterocycles. The number of hydrogen-bond donors (Lipinski definition) is 1. The molecule has 4 aromatic rings. The molecule has 9 heteroatoms. The van der Waals surface area contributed by atoms with Gasteiger partial charge in [0, 0.05) is 18.2 Å². The van der Waals surface area contributed by atoms with Crippen LogP contribution in [0.4, 0.5) is 0 Å². The highest BCUT2D eigenvalue weighted by molar-refractivity contribution is 5.73. The number of nitrogens with zero attached hydrogens (tertiary/aromatic N) is 3. The van der Waals surface area contributed by atoms with E-state index in [1.54, 1.807) is 13.3 Å². The summed E-state index contributed by atoms with van der Waals surface area (Å²) in [7, 11) is 3.06. The van der Waals surface area contributed by atoms with E-state index in [-0.39, 0.29) is 18.3 Å². The van der Waals surface area contributed by atoms with Crippen molar-refractivity contribution in [3.8, 4) is 40.2 Å². The molecule has 2 heterocycles. The van der Waals surface area contributed by atoms with Gasteiger partial charge in [-0.3, -0.25) is 4.79 Å². The van der Waals surface area contributed by atoms with E-state index in [1.807, 2.05) is 49.4 Å². The highest BCUT2D eigenvalue weighted by Crippen LogP contribution is 2.37. The number of aromatic nitrogens is 3. The smallest absolute Gasteiger partial charge is 0.319 e. The van der Waals surface area contributed by atoms with E-state index in [9.17, 15) is 4.79 Å². The third-order valence-corrected chi connectivity index (χ3v) is 6.77. The number of aliphatic carboxylic acids is 1. The molecule has 0 fully saturated rings. The number of benzene rings is 2. The molecule has 1 aliphatic rings. The molecule has 0 saturated heterocycles. The van der Waals surface area contributed by atoms with Gasteiger partial charge in [0.05, 0.1) is 38.5 Å². The zero-order chi connectivity index (χ0) is 26.6. The average Bonchev–Trinajstić information content (AvgIpc) is 3.50. The average molecular weight is 516 g/mol. The number of rotatable bonds is 10. The largest absolute Gasteiger partial charge is 0.493 e. The summed E-state index contributed by atoms with van der Waals surface area (Å²) in [5.74, 6) is 1.79. The second-order valence-corrected chi connectivity index (χ2v) is 9.17. The standard InChI is InChI=1S/C29H29N3O6/c1-17-25(11-12-37-22-9-10-23-19(14-22)7-8-20(23)15-26(33)34)31-27(38-17)21-6-4-5-18(13-21)24-16-30-29(36-3)32-28(24)35-2/h4-6,9-10,13-14,16,20H,7-8,11-12,15H2,1-3H3,(H,33,34)/t20-/m0/s1. The van der Waals surface area contributed by atoms with Crippen LogP contribution in [0.15, 0.2) is 53.1 Å². The van der Waals surface area contributed by atoms with Gasteiger partial charge in [-0.2, -0.15) is 4.98 Å². The Kier molecular flexibility index (Phi) is 7.26. The summed E-state index contributed by atoms with van der Waals surface area (Å²) in [5, 5.41) is 9.13. The molecule has 0 amide bonds. The number of carboxylic acids is 1. The van der Waals surface area contributed by atoms with Crippen LogP contribution in [0.25, 0.3) is 22.6 Å². The zero-order valence-corrected chi connectivity index (χ0v) is 21.6. The second-order valence-electron chi connectivity index (χ2n) is 9.17. The Hall–Kier alpha value is -4.40. The topological polar surface area (TPSA) is 117 Å². The van der Waals surface area contributed by atoms with Gasteiger partial charge in [0.15, 0.2) is 0 Å². The SMILES string of the molecule is COc1ncc(-c2cccc(-c3nc(CCOc4ccc5c(c4)CC[C@H]5CC(=O)O)c(C)o3)c2)c(OC)n1. The van der Waals surface area contributed by atoms with Gasteiger partial charge in [0.1, 0.15) is 11.5 Å². The summed E-state index contributed by atoms with van der Waals surface area (Å²) in [5.41, 5.74) is 5.55. The summed E-state index contributed by atoms with van der Waals surface area (Å²) in [6.07, 6.45) is 4.17. The predicted molar refractivity (Wildman–Crippen MR) is 140 cm³/mol. The van der Waals surface area contributed by atoms with Crippen molar-refractivity contribution in [3.05, 3.63) is 71.2 Å². The summed E-state index contributed by atoms with van der Waals surface area (Å²) in [6, 6.07) is 14.0. The fraction of sp³-hybridized carbons (Fsp3) is 0.310. The number of oxazole rings is 1. The maximum absolute atomic E-state index is 11.1. The lowest BCUT2D eigenvalue weighted by atomic mass is 9.98. The molecule has 0 spiro atoms. The van der Waals surface area contributed by atoms with Crippen molar-refractivity contribution in [1.82, 2.24) is 15.0 Å². The van der Waals surface area contributed by atoms with Gasteiger partial charge in [-0.05, 0) is 66.6 Å². The van der Waals surface area contributed by atoms with E-state index >= 15 is 0 Å². The Morgan fingerprint density at radius 2 is 1.95 bits per heavy atom. The number of aryl methyl sites for hydroxylation is 2. The molecule has 5 rings (SSSR count). The van der Waals surface area contributed by atoms with Crippen LogP contribution in [0, 0.1) is 6.92 Å². The predicted octanol–water partition coefficient (Wildman–Crippen LogP) is 5.25.